The summed E-state index contributed by atoms with van der Waals surface area (Å²) in [5.41, 5.74) is 1.98. The molecular weight excluding hydrogens is 512 g/mol. The molecule has 0 bridgehead atoms. The van der Waals surface area contributed by atoms with E-state index in [0.717, 1.165) is 25.2 Å². The zero-order chi connectivity index (χ0) is 28.8. The first-order valence-corrected chi connectivity index (χ1v) is 13.9. The Balaban J connectivity index is 1.73. The van der Waals surface area contributed by atoms with Crippen LogP contribution in [0, 0.1) is 6.92 Å². The highest BCUT2D eigenvalue weighted by molar-refractivity contribution is 6.46. The maximum atomic E-state index is 13.5. The van der Waals surface area contributed by atoms with Crippen LogP contribution < -0.4 is 14.2 Å². The number of aryl methyl sites for hydroxylation is 1. The van der Waals surface area contributed by atoms with Crippen LogP contribution in [0.5, 0.6) is 17.2 Å². The number of likely N-dealkylation sites (tertiary alicyclic amines) is 1. The lowest BCUT2D eigenvalue weighted by Crippen LogP contribution is -2.39. The third kappa shape index (κ3) is 6.42. The Hall–Kier alpha value is -3.56. The molecule has 9 nitrogen and oxygen atoms in total. The van der Waals surface area contributed by atoms with Gasteiger partial charge < -0.3 is 29.0 Å². The predicted molar refractivity (Wildman–Crippen MR) is 152 cm³/mol. The highest BCUT2D eigenvalue weighted by Crippen LogP contribution is 2.42. The van der Waals surface area contributed by atoms with E-state index in [4.69, 9.17) is 18.9 Å². The zero-order valence-corrected chi connectivity index (χ0v) is 24.1. The topological polar surface area (TPSA) is 97.8 Å². The second-order valence-corrected chi connectivity index (χ2v) is 10.3. The Kier molecular flexibility index (Phi) is 9.71. The number of hydrogen-bond donors (Lipinski definition) is 1. The van der Waals surface area contributed by atoms with Crippen LogP contribution in [0.2, 0.25) is 0 Å². The maximum absolute atomic E-state index is 13.5. The van der Waals surface area contributed by atoms with Crippen LogP contribution >= 0.6 is 0 Å². The molecule has 216 valence electrons. The molecule has 0 saturated carbocycles. The number of aliphatic hydroxyl groups excluding tert-OH is 1. The lowest BCUT2D eigenvalue weighted by atomic mass is 9.94. The summed E-state index contributed by atoms with van der Waals surface area (Å²) >= 11 is 0. The lowest BCUT2D eigenvalue weighted by molar-refractivity contribution is -0.140. The van der Waals surface area contributed by atoms with Crippen molar-refractivity contribution < 1.29 is 33.6 Å². The molecule has 1 N–H and O–H groups in total. The van der Waals surface area contributed by atoms with Gasteiger partial charge in [0.15, 0.2) is 11.5 Å². The number of benzene rings is 2. The average Bonchev–Trinajstić information content (AvgIpc) is 3.19. The summed E-state index contributed by atoms with van der Waals surface area (Å²) in [6.07, 6.45) is 0.675. The molecule has 0 aliphatic carbocycles. The zero-order valence-electron chi connectivity index (χ0n) is 24.1. The van der Waals surface area contributed by atoms with E-state index in [1.54, 1.807) is 42.3 Å². The quantitative estimate of drug-likeness (QED) is 0.250. The molecule has 4 rings (SSSR count). The summed E-state index contributed by atoms with van der Waals surface area (Å²) in [6, 6.07) is 9.84. The van der Waals surface area contributed by atoms with Crippen molar-refractivity contribution in [1.82, 2.24) is 9.80 Å². The lowest BCUT2D eigenvalue weighted by Gasteiger charge is -2.29. The molecule has 0 unspecified atom stereocenters. The van der Waals surface area contributed by atoms with Gasteiger partial charge in [-0.15, -0.1) is 0 Å². The minimum Gasteiger partial charge on any atom is -0.507 e. The van der Waals surface area contributed by atoms with Crippen molar-refractivity contribution in [1.29, 1.82) is 0 Å². The van der Waals surface area contributed by atoms with Gasteiger partial charge in [-0.3, -0.25) is 14.5 Å². The molecule has 2 heterocycles. The molecule has 9 heteroatoms. The van der Waals surface area contributed by atoms with E-state index < -0.39 is 17.7 Å². The summed E-state index contributed by atoms with van der Waals surface area (Å²) in [4.78, 5) is 30.7. The van der Waals surface area contributed by atoms with E-state index in [0.29, 0.717) is 61.2 Å². The predicted octanol–water partition coefficient (Wildman–Crippen LogP) is 4.33. The third-order valence-electron chi connectivity index (χ3n) is 7.13. The molecule has 2 aromatic carbocycles. The molecule has 2 aromatic rings. The first kappa shape index (κ1) is 29.4. The van der Waals surface area contributed by atoms with Crippen molar-refractivity contribution in [2.75, 3.05) is 53.1 Å². The van der Waals surface area contributed by atoms with Gasteiger partial charge in [-0.25, -0.2) is 0 Å². The number of rotatable bonds is 11. The highest BCUT2D eigenvalue weighted by Gasteiger charge is 2.46. The second-order valence-electron chi connectivity index (χ2n) is 10.3. The molecule has 2 saturated heterocycles. The second kappa shape index (κ2) is 13.2. The Morgan fingerprint density at radius 2 is 1.77 bits per heavy atom. The first-order valence-electron chi connectivity index (χ1n) is 13.9. The van der Waals surface area contributed by atoms with E-state index in [2.05, 4.69) is 4.90 Å². The molecule has 2 aliphatic heterocycles. The van der Waals surface area contributed by atoms with Gasteiger partial charge in [0.25, 0.3) is 11.7 Å². The van der Waals surface area contributed by atoms with Crippen LogP contribution in [0.3, 0.4) is 0 Å². The molecular formula is C31H40N2O7. The highest BCUT2D eigenvalue weighted by atomic mass is 16.5. The van der Waals surface area contributed by atoms with Gasteiger partial charge in [-0.05, 0) is 75.6 Å². The Morgan fingerprint density at radius 1 is 1.05 bits per heavy atom. The third-order valence-corrected chi connectivity index (χ3v) is 7.13. The molecule has 2 fully saturated rings. The normalized spacial score (nSPS) is 19.4. The fraction of sp³-hybridized carbons (Fsp3) is 0.484. The molecule has 1 amide bonds. The van der Waals surface area contributed by atoms with E-state index in [-0.39, 0.29) is 17.4 Å². The van der Waals surface area contributed by atoms with Crippen molar-refractivity contribution in [3.8, 4) is 17.2 Å². The smallest absolute Gasteiger partial charge is 0.295 e. The molecule has 2 aliphatic rings. The number of nitrogens with zero attached hydrogens (tertiary/aromatic N) is 2. The molecule has 0 aromatic heterocycles. The fourth-order valence-electron chi connectivity index (χ4n) is 5.21. The Morgan fingerprint density at radius 3 is 2.42 bits per heavy atom. The van der Waals surface area contributed by atoms with Gasteiger partial charge in [0, 0.05) is 31.7 Å². The molecule has 0 spiro atoms. The standard InChI is InChI=1S/C31H40N2O7/c1-6-39-25-11-8-22(19-26(25)37-5)28-27(29(34)23-9-10-24(21(4)18-23)40-20(2)3)30(35)31(36)33(28)13-7-12-32-14-16-38-17-15-32/h8-11,18-20,28,34H,6-7,12-17H2,1-5H3/b29-27+/t28-/m0/s1. The summed E-state index contributed by atoms with van der Waals surface area (Å²) in [7, 11) is 1.55. The van der Waals surface area contributed by atoms with Crippen molar-refractivity contribution in [3.05, 3.63) is 58.7 Å². The molecule has 0 radical (unpaired) electrons. The van der Waals surface area contributed by atoms with E-state index in [1.807, 2.05) is 33.8 Å². The molecule has 40 heavy (non-hydrogen) atoms. The summed E-state index contributed by atoms with van der Waals surface area (Å²) in [5.74, 6) is 0.201. The first-order chi connectivity index (χ1) is 19.2. The fourth-order valence-corrected chi connectivity index (χ4v) is 5.21. The van der Waals surface area contributed by atoms with Gasteiger partial charge in [-0.2, -0.15) is 0 Å². The maximum Gasteiger partial charge on any atom is 0.295 e. The van der Waals surface area contributed by atoms with Crippen LogP contribution in [-0.4, -0.2) is 85.8 Å². The number of ketones is 1. The van der Waals surface area contributed by atoms with Crippen molar-refractivity contribution in [2.45, 2.75) is 46.3 Å². The number of amides is 1. The van der Waals surface area contributed by atoms with Crippen LogP contribution in [0.25, 0.3) is 5.76 Å². The summed E-state index contributed by atoms with van der Waals surface area (Å²) in [5, 5.41) is 11.5. The van der Waals surface area contributed by atoms with Gasteiger partial charge in [0.1, 0.15) is 11.5 Å². The summed E-state index contributed by atoms with van der Waals surface area (Å²) < 4.78 is 22.5. The Labute approximate surface area is 236 Å². The van der Waals surface area contributed by atoms with E-state index >= 15 is 0 Å². The number of hydrogen-bond acceptors (Lipinski definition) is 8. The largest absolute Gasteiger partial charge is 0.507 e. The SMILES string of the molecule is CCOc1ccc([C@H]2/C(=C(\O)c3ccc(OC(C)C)c(C)c3)C(=O)C(=O)N2CCCN2CCOCC2)cc1OC. The van der Waals surface area contributed by atoms with E-state index in [9.17, 15) is 14.7 Å². The van der Waals surface area contributed by atoms with Crippen LogP contribution in [0.1, 0.15) is 49.9 Å². The summed E-state index contributed by atoms with van der Waals surface area (Å²) in [6.45, 7) is 12.3. The minimum absolute atomic E-state index is 0.00410. The number of methoxy groups -OCH3 is 1. The van der Waals surface area contributed by atoms with Crippen LogP contribution in [0.15, 0.2) is 42.0 Å². The van der Waals surface area contributed by atoms with Crippen molar-refractivity contribution in [2.24, 2.45) is 0 Å². The number of carbonyl (C=O) groups excluding carboxylic acids is 2. The number of Topliss-reactive ketones (excluding diaryl/α,β-unsaturated/α-hetero) is 1. The average molecular weight is 553 g/mol. The Bertz CT molecular complexity index is 1250. The van der Waals surface area contributed by atoms with Crippen LogP contribution in [0.4, 0.5) is 0 Å². The van der Waals surface area contributed by atoms with Crippen LogP contribution in [-0.2, 0) is 14.3 Å². The van der Waals surface area contributed by atoms with Gasteiger partial charge in [0.05, 0.1) is 44.6 Å². The van der Waals surface area contributed by atoms with Gasteiger partial charge >= 0.3 is 0 Å². The van der Waals surface area contributed by atoms with Gasteiger partial charge in [-0.1, -0.05) is 6.07 Å². The number of ether oxygens (including phenoxy) is 4. The minimum atomic E-state index is -0.777. The monoisotopic (exact) mass is 552 g/mol. The number of aliphatic hydroxyl groups is 1. The molecule has 1 atom stereocenters. The van der Waals surface area contributed by atoms with Gasteiger partial charge in [0.2, 0.25) is 0 Å². The van der Waals surface area contributed by atoms with E-state index in [1.165, 1.54) is 0 Å². The number of morpholine rings is 1. The van der Waals surface area contributed by atoms with Crippen molar-refractivity contribution >= 4 is 17.4 Å². The number of carbonyl (C=O) groups is 2. The van der Waals surface area contributed by atoms with Crippen molar-refractivity contribution in [3.63, 3.8) is 0 Å².